The molecule has 0 spiro atoms. The van der Waals surface area contributed by atoms with Crippen molar-refractivity contribution in [3.8, 4) is 0 Å². The molecule has 1 aromatic heterocycles. The Morgan fingerprint density at radius 1 is 1.19 bits per heavy atom. The summed E-state index contributed by atoms with van der Waals surface area (Å²) in [7, 11) is 0. The molecule has 0 bridgehead atoms. The molecule has 0 atom stereocenters. The van der Waals surface area contributed by atoms with Gasteiger partial charge in [0.2, 0.25) is 5.91 Å². The summed E-state index contributed by atoms with van der Waals surface area (Å²) in [4.78, 5) is 37.7. The van der Waals surface area contributed by atoms with Crippen molar-refractivity contribution < 1.29 is 18.8 Å². The predicted molar refractivity (Wildman–Crippen MR) is 105 cm³/mol. The second-order valence-corrected chi connectivity index (χ2v) is 7.64. The molecule has 1 N–H and O–H groups in total. The number of benzene rings is 1. The van der Waals surface area contributed by atoms with E-state index in [2.05, 4.69) is 5.32 Å². The number of carbonyl (C=O) groups is 3. The van der Waals surface area contributed by atoms with Crippen molar-refractivity contribution in [2.45, 2.75) is 12.8 Å². The summed E-state index contributed by atoms with van der Waals surface area (Å²) in [6.45, 7) is 0.333. The zero-order valence-corrected chi connectivity index (χ0v) is 15.9. The van der Waals surface area contributed by atoms with Gasteiger partial charge in [-0.25, -0.2) is 4.39 Å². The molecule has 5 nitrogen and oxygen atoms in total. The number of rotatable bonds is 7. The van der Waals surface area contributed by atoms with Crippen molar-refractivity contribution in [2.24, 2.45) is 0 Å². The molecule has 3 amide bonds. The summed E-state index contributed by atoms with van der Waals surface area (Å²) in [5.41, 5.74) is 1.76. The van der Waals surface area contributed by atoms with Crippen molar-refractivity contribution in [2.75, 3.05) is 13.1 Å². The minimum absolute atomic E-state index is 0.116. The van der Waals surface area contributed by atoms with Gasteiger partial charge >= 0.3 is 0 Å². The molecule has 0 aliphatic carbocycles. The van der Waals surface area contributed by atoms with Crippen LogP contribution in [-0.2, 0) is 16.0 Å². The fraction of sp³-hybridized carbons (Fsp3) is 0.211. The summed E-state index contributed by atoms with van der Waals surface area (Å²) in [6.07, 6.45) is 2.59. The zero-order valence-electron chi connectivity index (χ0n) is 14.3. The van der Waals surface area contributed by atoms with Crippen LogP contribution in [0.5, 0.6) is 0 Å². The maximum atomic E-state index is 13.0. The zero-order chi connectivity index (χ0) is 19.2. The van der Waals surface area contributed by atoms with E-state index in [-0.39, 0.29) is 35.0 Å². The molecule has 1 aliphatic heterocycles. The Balaban J connectivity index is 1.48. The van der Waals surface area contributed by atoms with Gasteiger partial charge in [-0.2, -0.15) is 11.3 Å². The number of thioether (sulfide) groups is 1. The van der Waals surface area contributed by atoms with Gasteiger partial charge in [0.1, 0.15) is 5.82 Å². The first-order valence-corrected chi connectivity index (χ1v) is 10.1. The molecule has 1 aromatic carbocycles. The molecule has 0 unspecified atom stereocenters. The highest BCUT2D eigenvalue weighted by atomic mass is 32.2. The van der Waals surface area contributed by atoms with Gasteiger partial charge in [-0.05, 0) is 64.3 Å². The predicted octanol–water partition coefficient (Wildman–Crippen LogP) is 3.67. The minimum Gasteiger partial charge on any atom is -0.354 e. The lowest BCUT2D eigenvalue weighted by atomic mass is 10.2. The molecule has 8 heteroatoms. The van der Waals surface area contributed by atoms with E-state index in [4.69, 9.17) is 0 Å². The van der Waals surface area contributed by atoms with Crippen LogP contribution in [0.1, 0.15) is 17.5 Å². The van der Waals surface area contributed by atoms with Crippen molar-refractivity contribution in [3.63, 3.8) is 0 Å². The Morgan fingerprint density at radius 3 is 2.67 bits per heavy atom. The first-order chi connectivity index (χ1) is 13.0. The van der Waals surface area contributed by atoms with Crippen LogP contribution in [0.2, 0.25) is 0 Å². The molecular formula is C19H17FN2O3S2. The number of aryl methyl sites for hydroxylation is 1. The number of amides is 3. The van der Waals surface area contributed by atoms with Gasteiger partial charge in [0.05, 0.1) is 4.91 Å². The smallest absolute Gasteiger partial charge is 0.293 e. The third-order valence-corrected chi connectivity index (χ3v) is 5.56. The summed E-state index contributed by atoms with van der Waals surface area (Å²) in [5.74, 6) is -0.883. The molecule has 1 fully saturated rings. The second-order valence-electron chi connectivity index (χ2n) is 5.87. The van der Waals surface area contributed by atoms with E-state index in [1.807, 2.05) is 16.8 Å². The number of carbonyl (C=O) groups excluding carboxylic acids is 3. The second kappa shape index (κ2) is 8.96. The Morgan fingerprint density at radius 2 is 1.96 bits per heavy atom. The molecule has 140 valence electrons. The highest BCUT2D eigenvalue weighted by Crippen LogP contribution is 2.31. The van der Waals surface area contributed by atoms with E-state index in [0.29, 0.717) is 18.4 Å². The third kappa shape index (κ3) is 5.27. The Hall–Kier alpha value is -2.45. The molecule has 27 heavy (non-hydrogen) atoms. The third-order valence-electron chi connectivity index (χ3n) is 3.92. The van der Waals surface area contributed by atoms with Gasteiger partial charge < -0.3 is 5.32 Å². The average Bonchev–Trinajstić information content (AvgIpc) is 3.26. The van der Waals surface area contributed by atoms with Crippen LogP contribution >= 0.6 is 23.1 Å². The van der Waals surface area contributed by atoms with Crippen LogP contribution < -0.4 is 5.32 Å². The fourth-order valence-electron chi connectivity index (χ4n) is 2.49. The normalized spacial score (nSPS) is 15.6. The van der Waals surface area contributed by atoms with Crippen molar-refractivity contribution in [1.82, 2.24) is 10.2 Å². The van der Waals surface area contributed by atoms with Crippen LogP contribution in [-0.4, -0.2) is 35.0 Å². The quantitative estimate of drug-likeness (QED) is 0.715. The number of nitrogens with one attached hydrogen (secondary N) is 1. The average molecular weight is 404 g/mol. The summed E-state index contributed by atoms with van der Waals surface area (Å²) in [5, 5.41) is 6.32. The van der Waals surface area contributed by atoms with Crippen LogP contribution in [0.4, 0.5) is 9.18 Å². The lowest BCUT2D eigenvalue weighted by Crippen LogP contribution is -2.37. The van der Waals surface area contributed by atoms with Gasteiger partial charge in [-0.3, -0.25) is 19.3 Å². The van der Waals surface area contributed by atoms with Gasteiger partial charge in [-0.15, -0.1) is 0 Å². The molecule has 1 aliphatic rings. The Labute approximate surface area is 164 Å². The molecule has 0 saturated carbocycles. The first-order valence-electron chi connectivity index (χ1n) is 8.31. The number of imide groups is 1. The Bertz CT molecular complexity index is 864. The number of halogens is 1. The van der Waals surface area contributed by atoms with Crippen LogP contribution in [0.25, 0.3) is 6.08 Å². The number of nitrogens with zero attached hydrogens (tertiary/aromatic N) is 1. The van der Waals surface area contributed by atoms with E-state index >= 15 is 0 Å². The monoisotopic (exact) mass is 404 g/mol. The lowest BCUT2D eigenvalue weighted by Gasteiger charge is -2.12. The van der Waals surface area contributed by atoms with Gasteiger partial charge in [-0.1, -0.05) is 12.1 Å². The van der Waals surface area contributed by atoms with Crippen molar-refractivity contribution >= 4 is 46.2 Å². The van der Waals surface area contributed by atoms with E-state index in [0.717, 1.165) is 22.2 Å². The van der Waals surface area contributed by atoms with Crippen LogP contribution in [0, 0.1) is 5.82 Å². The molecular weight excluding hydrogens is 387 g/mol. The minimum atomic E-state index is -0.401. The maximum Gasteiger partial charge on any atom is 0.293 e. The molecule has 0 radical (unpaired) electrons. The van der Waals surface area contributed by atoms with Crippen LogP contribution in [0.3, 0.4) is 0 Å². The Kier molecular flexibility index (Phi) is 6.41. The SMILES string of the molecule is O=C(CCc1ccsc1)NCCN1C(=O)S/C(=C\c2ccc(F)cc2)C1=O. The van der Waals surface area contributed by atoms with Crippen molar-refractivity contribution in [3.05, 3.63) is 62.9 Å². The van der Waals surface area contributed by atoms with Gasteiger partial charge in [0.15, 0.2) is 0 Å². The molecule has 3 rings (SSSR count). The maximum absolute atomic E-state index is 13.0. The van der Waals surface area contributed by atoms with Gasteiger partial charge in [0.25, 0.3) is 11.1 Å². The highest BCUT2D eigenvalue weighted by Gasteiger charge is 2.34. The number of thiophene rings is 1. The summed E-state index contributed by atoms with van der Waals surface area (Å²) >= 11 is 2.43. The summed E-state index contributed by atoms with van der Waals surface area (Å²) < 4.78 is 13.0. The fourth-order valence-corrected chi connectivity index (χ4v) is 4.06. The van der Waals surface area contributed by atoms with E-state index in [9.17, 15) is 18.8 Å². The van der Waals surface area contributed by atoms with E-state index < -0.39 is 5.91 Å². The highest BCUT2D eigenvalue weighted by molar-refractivity contribution is 8.18. The van der Waals surface area contributed by atoms with E-state index in [1.165, 1.54) is 24.3 Å². The molecule has 2 heterocycles. The van der Waals surface area contributed by atoms with Crippen LogP contribution in [0.15, 0.2) is 46.0 Å². The van der Waals surface area contributed by atoms with E-state index in [1.54, 1.807) is 17.4 Å². The summed E-state index contributed by atoms with van der Waals surface area (Å²) in [6, 6.07) is 7.64. The number of hydrogen-bond acceptors (Lipinski definition) is 5. The first kappa shape index (κ1) is 19.3. The topological polar surface area (TPSA) is 66.5 Å². The lowest BCUT2D eigenvalue weighted by molar-refractivity contribution is -0.124. The molecule has 1 saturated heterocycles. The van der Waals surface area contributed by atoms with Crippen molar-refractivity contribution in [1.29, 1.82) is 0 Å². The standard InChI is InChI=1S/C19H17FN2O3S2/c20-15-4-1-13(2-5-15)11-16-18(24)22(19(25)27-16)9-8-21-17(23)6-3-14-7-10-26-12-14/h1-2,4-5,7,10-12H,3,6,8-9H2,(H,21,23)/b16-11-. The largest absolute Gasteiger partial charge is 0.354 e. The number of hydrogen-bond donors (Lipinski definition) is 1. The van der Waals surface area contributed by atoms with Gasteiger partial charge in [0, 0.05) is 19.5 Å². The molecule has 2 aromatic rings.